The Balaban J connectivity index is 1.36. The molecule has 1 atom stereocenters. The third-order valence-corrected chi connectivity index (χ3v) is 5.30. The number of para-hydroxylation sites is 1. The number of nitrogens with one attached hydrogen (secondary N) is 1. The first-order valence-corrected chi connectivity index (χ1v) is 9.75. The van der Waals surface area contributed by atoms with E-state index in [2.05, 4.69) is 20.5 Å². The minimum atomic E-state index is -0.243. The quantitative estimate of drug-likeness (QED) is 0.684. The fraction of sp³-hybridized carbons (Fsp3) is 0.381. The van der Waals surface area contributed by atoms with Crippen LogP contribution in [-0.2, 0) is 11.3 Å². The number of amides is 1. The smallest absolute Gasteiger partial charge is 0.221 e. The summed E-state index contributed by atoms with van der Waals surface area (Å²) >= 11 is 0. The number of carbonyl (C=O) groups is 1. The monoisotopic (exact) mass is 381 g/mol. The summed E-state index contributed by atoms with van der Waals surface area (Å²) in [7, 11) is 0. The Morgan fingerprint density at radius 1 is 1.11 bits per heavy atom. The van der Waals surface area contributed by atoms with E-state index in [4.69, 9.17) is 0 Å². The fourth-order valence-corrected chi connectivity index (χ4v) is 3.78. The topological polar surface area (TPSA) is 63.1 Å². The number of nitrogens with zero attached hydrogens (tertiary/aromatic N) is 4. The highest BCUT2D eigenvalue weighted by molar-refractivity contribution is 5.77. The van der Waals surface area contributed by atoms with E-state index in [1.807, 2.05) is 36.4 Å². The van der Waals surface area contributed by atoms with Crippen molar-refractivity contribution in [3.63, 3.8) is 0 Å². The lowest BCUT2D eigenvalue weighted by atomic mass is 10.1. The van der Waals surface area contributed by atoms with Gasteiger partial charge in [-0.3, -0.25) is 9.69 Å². The maximum atomic E-state index is 13.3. The molecule has 1 aliphatic heterocycles. The number of carbonyl (C=O) groups excluding carboxylic acids is 1. The van der Waals surface area contributed by atoms with Crippen molar-refractivity contribution < 1.29 is 9.18 Å². The van der Waals surface area contributed by atoms with E-state index in [1.54, 1.807) is 4.68 Å². The molecule has 1 aliphatic rings. The number of hydrogen-bond donors (Lipinski definition) is 1. The summed E-state index contributed by atoms with van der Waals surface area (Å²) in [5.74, 6) is -0.265. The molecule has 1 N–H and O–H groups in total. The highest BCUT2D eigenvalue weighted by atomic mass is 19.1. The second kappa shape index (κ2) is 8.48. The summed E-state index contributed by atoms with van der Waals surface area (Å²) < 4.78 is 15.0. The van der Waals surface area contributed by atoms with Crippen LogP contribution in [0.15, 0.2) is 48.5 Å². The highest BCUT2D eigenvalue weighted by Gasteiger charge is 2.24. The Hall–Kier alpha value is -2.80. The van der Waals surface area contributed by atoms with Gasteiger partial charge in [-0.15, -0.1) is 5.10 Å². The molecule has 0 spiro atoms. The minimum absolute atomic E-state index is 0.0223. The zero-order valence-electron chi connectivity index (χ0n) is 15.7. The molecule has 1 amide bonds. The van der Waals surface area contributed by atoms with E-state index >= 15 is 0 Å². The molecular formula is C21H24FN5O. The predicted molar refractivity (Wildman–Crippen MR) is 105 cm³/mol. The van der Waals surface area contributed by atoms with E-state index in [-0.39, 0.29) is 17.8 Å². The van der Waals surface area contributed by atoms with E-state index in [9.17, 15) is 9.18 Å². The third kappa shape index (κ3) is 4.20. The molecule has 1 aromatic heterocycles. The second-order valence-electron chi connectivity index (χ2n) is 7.17. The first kappa shape index (κ1) is 18.6. The van der Waals surface area contributed by atoms with Crippen LogP contribution in [0, 0.1) is 5.82 Å². The van der Waals surface area contributed by atoms with Crippen LogP contribution in [0.25, 0.3) is 11.0 Å². The van der Waals surface area contributed by atoms with Crippen molar-refractivity contribution in [3.05, 3.63) is 59.9 Å². The first-order valence-electron chi connectivity index (χ1n) is 9.75. The molecule has 4 rings (SSSR count). The highest BCUT2D eigenvalue weighted by Crippen LogP contribution is 2.24. The van der Waals surface area contributed by atoms with Crippen LogP contribution in [0.3, 0.4) is 0 Å². The van der Waals surface area contributed by atoms with Gasteiger partial charge in [-0.2, -0.15) is 0 Å². The van der Waals surface area contributed by atoms with E-state index in [0.717, 1.165) is 42.5 Å². The summed E-state index contributed by atoms with van der Waals surface area (Å²) in [5.41, 5.74) is 2.79. The molecule has 0 radical (unpaired) electrons. The molecule has 0 bridgehead atoms. The Bertz CT molecular complexity index is 933. The molecule has 1 fully saturated rings. The van der Waals surface area contributed by atoms with Gasteiger partial charge in [0, 0.05) is 13.0 Å². The molecule has 3 aromatic rings. The molecule has 28 heavy (non-hydrogen) atoms. The molecule has 0 aliphatic carbocycles. The zero-order valence-corrected chi connectivity index (χ0v) is 15.7. The normalized spacial score (nSPS) is 15.8. The van der Waals surface area contributed by atoms with Gasteiger partial charge >= 0.3 is 0 Å². The van der Waals surface area contributed by atoms with Crippen molar-refractivity contribution in [2.75, 3.05) is 19.6 Å². The number of halogens is 1. The fourth-order valence-electron chi connectivity index (χ4n) is 3.78. The van der Waals surface area contributed by atoms with Crippen LogP contribution in [0.1, 0.15) is 30.9 Å². The van der Waals surface area contributed by atoms with Gasteiger partial charge in [-0.05, 0) is 55.8 Å². The van der Waals surface area contributed by atoms with Crippen molar-refractivity contribution in [3.8, 4) is 0 Å². The van der Waals surface area contributed by atoms with Crippen molar-refractivity contribution >= 4 is 16.9 Å². The lowest BCUT2D eigenvalue weighted by Gasteiger charge is -2.28. The summed E-state index contributed by atoms with van der Waals surface area (Å²) in [6.45, 7) is 3.01. The number of rotatable bonds is 7. The van der Waals surface area contributed by atoms with Crippen LogP contribution >= 0.6 is 0 Å². The van der Waals surface area contributed by atoms with E-state index < -0.39 is 0 Å². The van der Waals surface area contributed by atoms with Crippen molar-refractivity contribution in [1.29, 1.82) is 0 Å². The van der Waals surface area contributed by atoms with Crippen LogP contribution in [0.5, 0.6) is 0 Å². The zero-order chi connectivity index (χ0) is 19.3. The molecule has 146 valence electrons. The molecule has 2 aromatic carbocycles. The number of likely N-dealkylation sites (tertiary alicyclic amines) is 1. The van der Waals surface area contributed by atoms with Gasteiger partial charge in [0.1, 0.15) is 11.3 Å². The van der Waals surface area contributed by atoms with Gasteiger partial charge in [0.2, 0.25) is 5.91 Å². The van der Waals surface area contributed by atoms with Crippen molar-refractivity contribution in [2.24, 2.45) is 0 Å². The Morgan fingerprint density at radius 3 is 2.64 bits per heavy atom. The van der Waals surface area contributed by atoms with Crippen molar-refractivity contribution in [2.45, 2.75) is 31.8 Å². The Labute approximate surface area is 163 Å². The summed E-state index contributed by atoms with van der Waals surface area (Å²) in [4.78, 5) is 14.8. The lowest BCUT2D eigenvalue weighted by Crippen LogP contribution is -2.37. The number of aromatic nitrogens is 3. The first-order chi connectivity index (χ1) is 13.7. The average Bonchev–Trinajstić information content (AvgIpc) is 3.38. The maximum Gasteiger partial charge on any atom is 0.221 e. The molecule has 1 unspecified atom stereocenters. The second-order valence-corrected chi connectivity index (χ2v) is 7.17. The average molecular weight is 381 g/mol. The number of hydrogen-bond acceptors (Lipinski definition) is 4. The molecule has 6 nitrogen and oxygen atoms in total. The van der Waals surface area contributed by atoms with Crippen LogP contribution in [0.2, 0.25) is 0 Å². The van der Waals surface area contributed by atoms with E-state index in [1.165, 1.54) is 12.1 Å². The Kier molecular flexibility index (Phi) is 5.62. The van der Waals surface area contributed by atoms with Crippen LogP contribution in [0.4, 0.5) is 4.39 Å². The SMILES string of the molecule is O=C(CCn1nnc2ccccc21)NCC(c1ccc(F)cc1)N1CCCC1. The third-order valence-electron chi connectivity index (χ3n) is 5.30. The standard InChI is InChI=1S/C21H24FN5O/c22-17-9-7-16(8-10-17)20(26-12-3-4-13-26)15-23-21(28)11-14-27-19-6-2-1-5-18(19)24-25-27/h1-2,5-10,20H,3-4,11-15H2,(H,23,28). The molecule has 2 heterocycles. The van der Waals surface area contributed by atoms with Gasteiger partial charge < -0.3 is 5.32 Å². The summed E-state index contributed by atoms with van der Waals surface area (Å²) in [6.07, 6.45) is 2.65. The molecule has 0 saturated carbocycles. The molecular weight excluding hydrogens is 357 g/mol. The summed E-state index contributed by atoms with van der Waals surface area (Å²) in [5, 5.41) is 11.3. The Morgan fingerprint density at radius 2 is 1.86 bits per heavy atom. The van der Waals surface area contributed by atoms with Gasteiger partial charge in [-0.25, -0.2) is 9.07 Å². The van der Waals surface area contributed by atoms with E-state index in [0.29, 0.717) is 19.5 Å². The lowest BCUT2D eigenvalue weighted by molar-refractivity contribution is -0.121. The number of aryl methyl sites for hydroxylation is 1. The largest absolute Gasteiger partial charge is 0.354 e. The predicted octanol–water partition coefficient (Wildman–Crippen LogP) is 2.91. The molecule has 1 saturated heterocycles. The maximum absolute atomic E-state index is 13.3. The van der Waals surface area contributed by atoms with Gasteiger partial charge in [0.15, 0.2) is 0 Å². The van der Waals surface area contributed by atoms with Gasteiger partial charge in [0.05, 0.1) is 18.1 Å². The number of fused-ring (bicyclic) bond motifs is 1. The number of benzene rings is 2. The van der Waals surface area contributed by atoms with Gasteiger partial charge in [0.25, 0.3) is 0 Å². The van der Waals surface area contributed by atoms with Gasteiger partial charge in [-0.1, -0.05) is 29.5 Å². The van der Waals surface area contributed by atoms with Crippen LogP contribution < -0.4 is 5.32 Å². The van der Waals surface area contributed by atoms with Crippen LogP contribution in [-0.4, -0.2) is 45.4 Å². The van der Waals surface area contributed by atoms with Crippen molar-refractivity contribution in [1.82, 2.24) is 25.2 Å². The minimum Gasteiger partial charge on any atom is -0.354 e. The summed E-state index contributed by atoms with van der Waals surface area (Å²) in [6, 6.07) is 14.4. The molecule has 7 heteroatoms.